The Hall–Kier alpha value is -1.08. The summed E-state index contributed by atoms with van der Waals surface area (Å²) in [6.45, 7) is 1.21. The third kappa shape index (κ3) is 1.92. The molecule has 1 aliphatic heterocycles. The van der Waals surface area contributed by atoms with Crippen LogP contribution in [0.1, 0.15) is 36.8 Å². The highest BCUT2D eigenvalue weighted by molar-refractivity contribution is 5.73. The normalized spacial score (nSPS) is 24.0. The van der Waals surface area contributed by atoms with E-state index in [4.69, 9.17) is 0 Å². The van der Waals surface area contributed by atoms with Crippen molar-refractivity contribution in [2.75, 3.05) is 6.54 Å². The summed E-state index contributed by atoms with van der Waals surface area (Å²) in [4.78, 5) is 0. The average Bonchev–Trinajstić information content (AvgIpc) is 2.74. The first-order valence-electron chi connectivity index (χ1n) is 6.44. The van der Waals surface area contributed by atoms with Crippen molar-refractivity contribution in [1.82, 2.24) is 5.32 Å². The van der Waals surface area contributed by atoms with E-state index in [0.29, 0.717) is 6.04 Å². The van der Waals surface area contributed by atoms with Crippen LogP contribution in [-0.2, 0) is 6.42 Å². The molecule has 1 aliphatic carbocycles. The SMILES string of the molecule is C1=C(CC2CCCCN2)c2ccccc2C1. The summed E-state index contributed by atoms with van der Waals surface area (Å²) in [5, 5.41) is 3.64. The zero-order valence-electron chi connectivity index (χ0n) is 9.71. The van der Waals surface area contributed by atoms with Crippen LogP contribution in [-0.4, -0.2) is 12.6 Å². The summed E-state index contributed by atoms with van der Waals surface area (Å²) in [6.07, 6.45) is 8.87. The topological polar surface area (TPSA) is 12.0 Å². The van der Waals surface area contributed by atoms with E-state index in [9.17, 15) is 0 Å². The Morgan fingerprint density at radius 1 is 1.19 bits per heavy atom. The quantitative estimate of drug-likeness (QED) is 0.795. The smallest absolute Gasteiger partial charge is 0.0108 e. The van der Waals surface area contributed by atoms with E-state index >= 15 is 0 Å². The van der Waals surface area contributed by atoms with Crippen molar-refractivity contribution < 1.29 is 0 Å². The molecule has 1 atom stereocenters. The third-order valence-corrected chi connectivity index (χ3v) is 3.81. The molecule has 0 aromatic heterocycles. The number of fused-ring (bicyclic) bond motifs is 1. The lowest BCUT2D eigenvalue weighted by Crippen LogP contribution is -2.33. The van der Waals surface area contributed by atoms with Gasteiger partial charge in [-0.05, 0) is 48.9 Å². The molecule has 2 aliphatic rings. The molecule has 0 saturated carbocycles. The number of allylic oxidation sites excluding steroid dienone is 1. The van der Waals surface area contributed by atoms with E-state index in [2.05, 4.69) is 35.7 Å². The maximum atomic E-state index is 3.64. The van der Waals surface area contributed by atoms with Crippen molar-refractivity contribution in [3.05, 3.63) is 41.5 Å². The Bertz CT molecular complexity index is 400. The third-order valence-electron chi connectivity index (χ3n) is 3.81. The lowest BCUT2D eigenvalue weighted by Gasteiger charge is -2.24. The molecule has 1 unspecified atom stereocenters. The summed E-state index contributed by atoms with van der Waals surface area (Å²) in [5.41, 5.74) is 4.57. The Balaban J connectivity index is 1.72. The van der Waals surface area contributed by atoms with E-state index in [1.54, 1.807) is 5.57 Å². The molecular weight excluding hydrogens is 194 g/mol. The Labute approximate surface area is 97.6 Å². The van der Waals surface area contributed by atoms with Crippen molar-refractivity contribution in [2.45, 2.75) is 38.1 Å². The monoisotopic (exact) mass is 213 g/mol. The molecule has 0 spiro atoms. The fourth-order valence-corrected chi connectivity index (χ4v) is 2.91. The molecule has 1 heterocycles. The lowest BCUT2D eigenvalue weighted by atomic mass is 9.95. The molecular formula is C15H19N. The largest absolute Gasteiger partial charge is 0.314 e. The van der Waals surface area contributed by atoms with Crippen LogP contribution in [0.2, 0.25) is 0 Å². The molecule has 84 valence electrons. The van der Waals surface area contributed by atoms with Crippen molar-refractivity contribution in [3.63, 3.8) is 0 Å². The minimum absolute atomic E-state index is 0.714. The van der Waals surface area contributed by atoms with E-state index in [0.717, 1.165) is 6.42 Å². The Morgan fingerprint density at radius 2 is 2.12 bits per heavy atom. The molecule has 0 amide bonds. The zero-order chi connectivity index (χ0) is 10.8. The minimum atomic E-state index is 0.714. The maximum Gasteiger partial charge on any atom is 0.0108 e. The Morgan fingerprint density at radius 3 is 3.00 bits per heavy atom. The van der Waals surface area contributed by atoms with Gasteiger partial charge in [-0.3, -0.25) is 0 Å². The molecule has 1 nitrogen and oxygen atoms in total. The summed E-state index contributed by atoms with van der Waals surface area (Å²) in [6, 6.07) is 9.55. The van der Waals surface area contributed by atoms with E-state index in [-0.39, 0.29) is 0 Å². The van der Waals surface area contributed by atoms with Gasteiger partial charge in [-0.2, -0.15) is 0 Å². The van der Waals surface area contributed by atoms with Gasteiger partial charge in [-0.15, -0.1) is 0 Å². The molecule has 1 aromatic rings. The molecule has 3 rings (SSSR count). The van der Waals surface area contributed by atoms with Gasteiger partial charge in [0.1, 0.15) is 0 Å². The molecule has 1 aromatic carbocycles. The standard InChI is InChI=1S/C15H19N/c1-2-7-15-12(5-1)8-9-13(15)11-14-6-3-4-10-16-14/h1-2,5,7,9,14,16H,3-4,6,8,10-11H2. The molecule has 1 saturated heterocycles. The van der Waals surface area contributed by atoms with Gasteiger partial charge in [0.25, 0.3) is 0 Å². The van der Waals surface area contributed by atoms with Gasteiger partial charge in [-0.1, -0.05) is 36.8 Å². The highest BCUT2D eigenvalue weighted by Gasteiger charge is 2.18. The summed E-state index contributed by atoms with van der Waals surface area (Å²) in [5.74, 6) is 0. The minimum Gasteiger partial charge on any atom is -0.314 e. The molecule has 1 N–H and O–H groups in total. The van der Waals surface area contributed by atoms with Gasteiger partial charge in [0, 0.05) is 6.04 Å². The van der Waals surface area contributed by atoms with Crippen LogP contribution in [0.15, 0.2) is 30.3 Å². The second-order valence-electron chi connectivity index (χ2n) is 4.94. The second-order valence-corrected chi connectivity index (χ2v) is 4.94. The van der Waals surface area contributed by atoms with Gasteiger partial charge < -0.3 is 5.32 Å². The fraction of sp³-hybridized carbons (Fsp3) is 0.467. The highest BCUT2D eigenvalue weighted by Crippen LogP contribution is 2.31. The predicted molar refractivity (Wildman–Crippen MR) is 68.4 cm³/mol. The zero-order valence-corrected chi connectivity index (χ0v) is 9.71. The molecule has 1 fully saturated rings. The second kappa shape index (κ2) is 4.42. The Kier molecular flexibility index (Phi) is 2.79. The molecule has 16 heavy (non-hydrogen) atoms. The van der Waals surface area contributed by atoms with E-state index in [1.807, 2.05) is 0 Å². The molecule has 0 radical (unpaired) electrons. The van der Waals surface area contributed by atoms with Crippen LogP contribution in [0, 0.1) is 0 Å². The lowest BCUT2D eigenvalue weighted by molar-refractivity contribution is 0.407. The fourth-order valence-electron chi connectivity index (χ4n) is 2.91. The number of rotatable bonds is 2. The summed E-state index contributed by atoms with van der Waals surface area (Å²) < 4.78 is 0. The van der Waals surface area contributed by atoms with Crippen LogP contribution in [0.3, 0.4) is 0 Å². The number of benzene rings is 1. The van der Waals surface area contributed by atoms with Crippen molar-refractivity contribution in [3.8, 4) is 0 Å². The van der Waals surface area contributed by atoms with Crippen LogP contribution < -0.4 is 5.32 Å². The van der Waals surface area contributed by atoms with Crippen LogP contribution in [0.5, 0.6) is 0 Å². The van der Waals surface area contributed by atoms with Crippen LogP contribution in [0.25, 0.3) is 5.57 Å². The van der Waals surface area contributed by atoms with E-state index in [1.165, 1.54) is 43.4 Å². The van der Waals surface area contributed by atoms with Crippen LogP contribution >= 0.6 is 0 Å². The van der Waals surface area contributed by atoms with Gasteiger partial charge in [0.15, 0.2) is 0 Å². The van der Waals surface area contributed by atoms with Crippen molar-refractivity contribution in [1.29, 1.82) is 0 Å². The number of piperidine rings is 1. The number of hydrogen-bond acceptors (Lipinski definition) is 1. The van der Waals surface area contributed by atoms with Crippen molar-refractivity contribution >= 4 is 5.57 Å². The first kappa shape index (κ1) is 10.1. The first-order valence-corrected chi connectivity index (χ1v) is 6.44. The average molecular weight is 213 g/mol. The van der Waals surface area contributed by atoms with Crippen molar-refractivity contribution in [2.24, 2.45) is 0 Å². The first-order chi connectivity index (χ1) is 7.93. The van der Waals surface area contributed by atoms with Gasteiger partial charge in [-0.25, -0.2) is 0 Å². The van der Waals surface area contributed by atoms with E-state index < -0.39 is 0 Å². The maximum absolute atomic E-state index is 3.64. The van der Waals surface area contributed by atoms with Gasteiger partial charge in [0.2, 0.25) is 0 Å². The number of nitrogens with one attached hydrogen (secondary N) is 1. The number of hydrogen-bond donors (Lipinski definition) is 1. The van der Waals surface area contributed by atoms with Gasteiger partial charge in [0.05, 0.1) is 0 Å². The summed E-state index contributed by atoms with van der Waals surface area (Å²) >= 11 is 0. The van der Waals surface area contributed by atoms with Gasteiger partial charge >= 0.3 is 0 Å². The highest BCUT2D eigenvalue weighted by atomic mass is 14.9. The molecule has 0 bridgehead atoms. The van der Waals surface area contributed by atoms with Crippen LogP contribution in [0.4, 0.5) is 0 Å². The summed E-state index contributed by atoms with van der Waals surface area (Å²) in [7, 11) is 0. The molecule has 1 heteroatoms. The predicted octanol–water partition coefficient (Wildman–Crippen LogP) is 3.16.